The van der Waals surface area contributed by atoms with E-state index >= 15 is 0 Å². The standard InChI is InChI=1S/C13H14F4N2O.ClH/c14-10-3-1-2-7(11(10)15)8-4-9(8)12(20)19-6-13(16,17)5-18;/h1-3,8-9H,4-6,18H2,(H,19,20);1H. The summed E-state index contributed by atoms with van der Waals surface area (Å²) in [5, 5.41) is 2.08. The Morgan fingerprint density at radius 1 is 1.38 bits per heavy atom. The molecule has 2 atom stereocenters. The highest BCUT2D eigenvalue weighted by Gasteiger charge is 2.46. The van der Waals surface area contributed by atoms with E-state index in [2.05, 4.69) is 5.32 Å². The number of halogens is 5. The Labute approximate surface area is 125 Å². The molecule has 8 heteroatoms. The molecule has 1 aromatic carbocycles. The van der Waals surface area contributed by atoms with Gasteiger partial charge in [0.2, 0.25) is 5.91 Å². The van der Waals surface area contributed by atoms with Crippen LogP contribution in [0.1, 0.15) is 17.9 Å². The summed E-state index contributed by atoms with van der Waals surface area (Å²) in [5.74, 6) is -6.78. The van der Waals surface area contributed by atoms with Crippen LogP contribution in [-0.2, 0) is 4.79 Å². The van der Waals surface area contributed by atoms with Gasteiger partial charge >= 0.3 is 0 Å². The van der Waals surface area contributed by atoms with Gasteiger partial charge in [-0.3, -0.25) is 4.79 Å². The van der Waals surface area contributed by atoms with Crippen molar-refractivity contribution in [2.75, 3.05) is 13.1 Å². The van der Waals surface area contributed by atoms with Crippen molar-refractivity contribution in [3.8, 4) is 0 Å². The molecule has 1 saturated carbocycles. The molecule has 1 aliphatic carbocycles. The number of carbonyl (C=O) groups excluding carboxylic acids is 1. The van der Waals surface area contributed by atoms with Gasteiger partial charge in [-0.15, -0.1) is 12.4 Å². The molecule has 118 valence electrons. The minimum atomic E-state index is -3.16. The lowest BCUT2D eigenvalue weighted by Gasteiger charge is -2.14. The first-order valence-electron chi connectivity index (χ1n) is 6.15. The summed E-state index contributed by atoms with van der Waals surface area (Å²) >= 11 is 0. The van der Waals surface area contributed by atoms with Crippen molar-refractivity contribution < 1.29 is 22.4 Å². The summed E-state index contributed by atoms with van der Waals surface area (Å²) in [7, 11) is 0. The minimum absolute atomic E-state index is 0. The van der Waals surface area contributed by atoms with Crippen molar-refractivity contribution in [3.63, 3.8) is 0 Å². The summed E-state index contributed by atoms with van der Waals surface area (Å²) in [4.78, 5) is 11.6. The Morgan fingerprint density at radius 3 is 2.67 bits per heavy atom. The molecule has 21 heavy (non-hydrogen) atoms. The van der Waals surface area contributed by atoms with Crippen molar-refractivity contribution in [2.45, 2.75) is 18.3 Å². The molecule has 0 spiro atoms. The molecule has 0 aliphatic heterocycles. The second kappa shape index (κ2) is 6.62. The highest BCUT2D eigenvalue weighted by molar-refractivity contribution is 5.85. The van der Waals surface area contributed by atoms with Crippen molar-refractivity contribution >= 4 is 18.3 Å². The van der Waals surface area contributed by atoms with E-state index in [-0.39, 0.29) is 18.0 Å². The van der Waals surface area contributed by atoms with Crippen LogP contribution in [0.25, 0.3) is 0 Å². The van der Waals surface area contributed by atoms with Crippen LogP contribution in [0.5, 0.6) is 0 Å². The zero-order valence-electron chi connectivity index (χ0n) is 10.9. The molecule has 1 fully saturated rings. The molecule has 2 unspecified atom stereocenters. The number of amides is 1. The molecule has 1 aliphatic rings. The summed E-state index contributed by atoms with van der Waals surface area (Å²) in [6.45, 7) is -1.71. The molecular weight excluding hydrogens is 312 g/mol. The number of hydrogen-bond acceptors (Lipinski definition) is 2. The van der Waals surface area contributed by atoms with Crippen LogP contribution in [-0.4, -0.2) is 24.9 Å². The molecule has 0 saturated heterocycles. The monoisotopic (exact) mass is 326 g/mol. The zero-order chi connectivity index (χ0) is 14.9. The predicted molar refractivity (Wildman–Crippen MR) is 71.5 cm³/mol. The van der Waals surface area contributed by atoms with E-state index in [9.17, 15) is 22.4 Å². The van der Waals surface area contributed by atoms with Gasteiger partial charge in [0.05, 0.1) is 13.1 Å². The van der Waals surface area contributed by atoms with E-state index in [1.54, 1.807) is 0 Å². The zero-order valence-corrected chi connectivity index (χ0v) is 11.7. The highest BCUT2D eigenvalue weighted by atomic mass is 35.5. The second-order valence-electron chi connectivity index (χ2n) is 4.87. The molecule has 3 N–H and O–H groups in total. The maximum atomic E-state index is 13.5. The van der Waals surface area contributed by atoms with Crippen molar-refractivity contribution in [2.24, 2.45) is 11.7 Å². The fourth-order valence-electron chi connectivity index (χ4n) is 2.06. The smallest absolute Gasteiger partial charge is 0.277 e. The maximum Gasteiger partial charge on any atom is 0.277 e. The number of hydrogen-bond donors (Lipinski definition) is 2. The number of benzene rings is 1. The lowest BCUT2D eigenvalue weighted by atomic mass is 10.1. The van der Waals surface area contributed by atoms with Crippen LogP contribution >= 0.6 is 12.4 Å². The number of alkyl halides is 2. The third-order valence-corrected chi connectivity index (χ3v) is 3.33. The van der Waals surface area contributed by atoms with E-state index in [1.807, 2.05) is 0 Å². The Morgan fingerprint density at radius 2 is 2.05 bits per heavy atom. The van der Waals surface area contributed by atoms with E-state index in [0.29, 0.717) is 6.42 Å². The van der Waals surface area contributed by atoms with Crippen LogP contribution in [0.4, 0.5) is 17.6 Å². The molecule has 1 aromatic rings. The van der Waals surface area contributed by atoms with Crippen molar-refractivity contribution in [1.29, 1.82) is 0 Å². The number of carbonyl (C=O) groups is 1. The van der Waals surface area contributed by atoms with Crippen LogP contribution in [0.3, 0.4) is 0 Å². The Kier molecular flexibility index (Phi) is 5.58. The topological polar surface area (TPSA) is 55.1 Å². The largest absolute Gasteiger partial charge is 0.350 e. The van der Waals surface area contributed by atoms with Gasteiger partial charge in [-0.2, -0.15) is 0 Å². The van der Waals surface area contributed by atoms with Gasteiger partial charge in [-0.05, 0) is 24.0 Å². The Balaban J connectivity index is 0.00000220. The first-order valence-corrected chi connectivity index (χ1v) is 6.15. The van der Waals surface area contributed by atoms with Gasteiger partial charge in [0, 0.05) is 5.92 Å². The van der Waals surface area contributed by atoms with Gasteiger partial charge in [0.25, 0.3) is 5.92 Å². The average Bonchev–Trinajstić information content (AvgIpc) is 3.19. The van der Waals surface area contributed by atoms with Crippen molar-refractivity contribution in [1.82, 2.24) is 5.32 Å². The first-order chi connectivity index (χ1) is 9.35. The van der Waals surface area contributed by atoms with Gasteiger partial charge in [-0.1, -0.05) is 12.1 Å². The van der Waals surface area contributed by atoms with E-state index < -0.39 is 48.4 Å². The molecule has 3 nitrogen and oxygen atoms in total. The summed E-state index contributed by atoms with van der Waals surface area (Å²) in [6, 6.07) is 3.73. The van der Waals surface area contributed by atoms with E-state index in [1.165, 1.54) is 12.1 Å². The molecule has 0 radical (unpaired) electrons. The SMILES string of the molecule is Cl.NCC(F)(F)CNC(=O)C1CC1c1cccc(F)c1F. The Hall–Kier alpha value is -1.34. The van der Waals surface area contributed by atoms with Crippen LogP contribution in [0.15, 0.2) is 18.2 Å². The first kappa shape index (κ1) is 17.7. The van der Waals surface area contributed by atoms with Gasteiger partial charge in [-0.25, -0.2) is 17.6 Å². The molecule has 0 aromatic heterocycles. The third-order valence-electron chi connectivity index (χ3n) is 3.33. The van der Waals surface area contributed by atoms with Crippen LogP contribution in [0.2, 0.25) is 0 Å². The van der Waals surface area contributed by atoms with Gasteiger partial charge in [0.15, 0.2) is 11.6 Å². The predicted octanol–water partition coefficient (Wildman–Crippen LogP) is 2.20. The average molecular weight is 327 g/mol. The second-order valence-corrected chi connectivity index (χ2v) is 4.87. The fourth-order valence-corrected chi connectivity index (χ4v) is 2.06. The van der Waals surface area contributed by atoms with Gasteiger partial charge < -0.3 is 11.1 Å². The van der Waals surface area contributed by atoms with Gasteiger partial charge in [0.1, 0.15) is 0 Å². The quantitative estimate of drug-likeness (QED) is 0.815. The molecule has 0 heterocycles. The minimum Gasteiger partial charge on any atom is -0.350 e. The lowest BCUT2D eigenvalue weighted by Crippen LogP contribution is -2.42. The number of rotatable bonds is 5. The fraction of sp³-hybridized carbons (Fsp3) is 0.462. The maximum absolute atomic E-state index is 13.5. The van der Waals surface area contributed by atoms with Crippen molar-refractivity contribution in [3.05, 3.63) is 35.4 Å². The molecule has 1 amide bonds. The van der Waals surface area contributed by atoms with E-state index in [4.69, 9.17) is 5.73 Å². The third kappa shape index (κ3) is 4.07. The van der Waals surface area contributed by atoms with Crippen LogP contribution < -0.4 is 11.1 Å². The summed E-state index contributed by atoms with van der Waals surface area (Å²) in [5.41, 5.74) is 4.95. The number of nitrogens with one attached hydrogen (secondary N) is 1. The molecule has 2 rings (SSSR count). The molecule has 0 bridgehead atoms. The molecular formula is C13H15ClF4N2O. The normalized spacial score (nSPS) is 20.6. The lowest BCUT2D eigenvalue weighted by molar-refractivity contribution is -0.124. The Bertz CT molecular complexity index is 527. The number of nitrogens with two attached hydrogens (primary N) is 1. The van der Waals surface area contributed by atoms with E-state index in [0.717, 1.165) is 6.07 Å². The van der Waals surface area contributed by atoms with Crippen LogP contribution in [0, 0.1) is 17.6 Å². The highest BCUT2D eigenvalue weighted by Crippen LogP contribution is 2.48. The summed E-state index contributed by atoms with van der Waals surface area (Å²) < 4.78 is 52.3. The summed E-state index contributed by atoms with van der Waals surface area (Å²) in [6.07, 6.45) is 0.320.